The van der Waals surface area contributed by atoms with Gasteiger partial charge < -0.3 is 14.6 Å². The monoisotopic (exact) mass is 513 g/mol. The number of hydrogen-bond donors (Lipinski definition) is 1. The Morgan fingerprint density at radius 1 is 0.947 bits per heavy atom. The Morgan fingerprint density at radius 3 is 2.18 bits per heavy atom. The molecule has 1 amide bonds. The normalized spacial score (nSPS) is 17.0. The Kier molecular flexibility index (Phi) is 7.39. The maximum atomic E-state index is 13.4. The van der Waals surface area contributed by atoms with Crippen LogP contribution in [0.1, 0.15) is 60.8 Å². The number of esters is 1. The zero-order valence-electron chi connectivity index (χ0n) is 22.1. The average Bonchev–Trinajstić information content (AvgIpc) is 3.18. The van der Waals surface area contributed by atoms with Gasteiger partial charge in [-0.05, 0) is 59.9 Å². The molecule has 1 heterocycles. The van der Waals surface area contributed by atoms with Crippen LogP contribution >= 0.6 is 0 Å². The van der Waals surface area contributed by atoms with Crippen molar-refractivity contribution in [1.29, 1.82) is 0 Å². The number of rotatable bonds is 6. The Hall–Kier alpha value is -4.39. The Balaban J connectivity index is 1.89. The summed E-state index contributed by atoms with van der Waals surface area (Å²) in [7, 11) is 1.29. The summed E-state index contributed by atoms with van der Waals surface area (Å²) in [5.41, 5.74) is 2.72. The third-order valence-electron chi connectivity index (χ3n) is 6.52. The standard InChI is InChI=1S/C31H31NO6/c1-6-38-24-9-7-8-21(18-24)27(33)25-26(19-10-14-22(15-11-19)31(2,3)4)32(29(35)28(25)34)23-16-12-20(13-17-23)30(36)37-5/h7-18,26,33H,6H2,1-5H3/b27-25+. The molecule has 1 N–H and O–H groups in total. The predicted octanol–water partition coefficient (Wildman–Crippen LogP) is 5.80. The quantitative estimate of drug-likeness (QED) is 0.194. The number of carbonyl (C=O) groups excluding carboxylic acids is 3. The van der Waals surface area contributed by atoms with E-state index in [9.17, 15) is 19.5 Å². The molecule has 3 aromatic carbocycles. The minimum atomic E-state index is -0.885. The summed E-state index contributed by atoms with van der Waals surface area (Å²) >= 11 is 0. The minimum absolute atomic E-state index is 0.0239. The van der Waals surface area contributed by atoms with Gasteiger partial charge in [0.1, 0.15) is 11.5 Å². The average molecular weight is 514 g/mol. The molecule has 0 aromatic heterocycles. The first kappa shape index (κ1) is 26.7. The van der Waals surface area contributed by atoms with Crippen LogP contribution in [0.4, 0.5) is 5.69 Å². The molecule has 196 valence electrons. The van der Waals surface area contributed by atoms with Gasteiger partial charge in [-0.1, -0.05) is 57.2 Å². The molecule has 1 atom stereocenters. The Bertz CT molecular complexity index is 1400. The van der Waals surface area contributed by atoms with Crippen molar-refractivity contribution in [1.82, 2.24) is 0 Å². The Morgan fingerprint density at radius 2 is 1.61 bits per heavy atom. The van der Waals surface area contributed by atoms with Gasteiger partial charge in [-0.25, -0.2) is 4.79 Å². The van der Waals surface area contributed by atoms with Crippen LogP contribution in [0.3, 0.4) is 0 Å². The van der Waals surface area contributed by atoms with E-state index in [4.69, 9.17) is 9.47 Å². The van der Waals surface area contributed by atoms with Crippen molar-refractivity contribution in [3.8, 4) is 5.75 Å². The number of nitrogens with zero attached hydrogens (tertiary/aromatic N) is 1. The van der Waals surface area contributed by atoms with Crippen molar-refractivity contribution >= 4 is 29.1 Å². The van der Waals surface area contributed by atoms with E-state index in [0.717, 1.165) is 5.56 Å². The molecule has 0 saturated carbocycles. The highest BCUT2D eigenvalue weighted by Gasteiger charge is 2.47. The molecule has 7 heteroatoms. The van der Waals surface area contributed by atoms with Gasteiger partial charge in [0.15, 0.2) is 0 Å². The minimum Gasteiger partial charge on any atom is -0.507 e. The van der Waals surface area contributed by atoms with E-state index in [2.05, 4.69) is 20.8 Å². The van der Waals surface area contributed by atoms with Gasteiger partial charge >= 0.3 is 5.97 Å². The third kappa shape index (κ3) is 5.05. The predicted molar refractivity (Wildman–Crippen MR) is 145 cm³/mol. The number of anilines is 1. The second-order valence-electron chi connectivity index (χ2n) is 10.0. The van der Waals surface area contributed by atoms with Crippen LogP contribution in [0.2, 0.25) is 0 Å². The maximum Gasteiger partial charge on any atom is 0.337 e. The molecule has 3 aromatic rings. The summed E-state index contributed by atoms with van der Waals surface area (Å²) in [6, 6.07) is 19.8. The molecule has 0 radical (unpaired) electrons. The van der Waals surface area contributed by atoms with Crippen molar-refractivity contribution in [3.05, 3.63) is 101 Å². The SMILES string of the molecule is CCOc1cccc(/C(O)=C2\C(=O)C(=O)N(c3ccc(C(=O)OC)cc3)C2c2ccc(C(C)(C)C)cc2)c1. The van der Waals surface area contributed by atoms with Crippen LogP contribution in [-0.2, 0) is 19.7 Å². The molecule has 0 bridgehead atoms. The van der Waals surface area contributed by atoms with E-state index in [1.165, 1.54) is 24.1 Å². The molecule has 7 nitrogen and oxygen atoms in total. The van der Waals surface area contributed by atoms with Gasteiger partial charge in [-0.3, -0.25) is 14.5 Å². The molecule has 38 heavy (non-hydrogen) atoms. The first-order valence-corrected chi connectivity index (χ1v) is 12.4. The van der Waals surface area contributed by atoms with Crippen molar-refractivity contribution in [2.24, 2.45) is 0 Å². The van der Waals surface area contributed by atoms with Crippen LogP contribution in [0, 0.1) is 0 Å². The molecule has 0 spiro atoms. The number of amides is 1. The fourth-order valence-electron chi connectivity index (χ4n) is 4.51. The van der Waals surface area contributed by atoms with E-state index >= 15 is 0 Å². The van der Waals surface area contributed by atoms with Crippen LogP contribution < -0.4 is 9.64 Å². The van der Waals surface area contributed by atoms with Crippen LogP contribution in [0.15, 0.2) is 78.4 Å². The highest BCUT2D eigenvalue weighted by Crippen LogP contribution is 2.43. The van der Waals surface area contributed by atoms with Crippen molar-refractivity contribution < 1.29 is 29.0 Å². The zero-order valence-corrected chi connectivity index (χ0v) is 22.1. The highest BCUT2D eigenvalue weighted by molar-refractivity contribution is 6.51. The van der Waals surface area contributed by atoms with Crippen LogP contribution in [0.5, 0.6) is 5.75 Å². The molecule has 1 unspecified atom stereocenters. The highest BCUT2D eigenvalue weighted by atomic mass is 16.5. The largest absolute Gasteiger partial charge is 0.507 e. The van der Waals surface area contributed by atoms with E-state index in [1.807, 2.05) is 31.2 Å². The first-order valence-electron chi connectivity index (χ1n) is 12.4. The molecule has 1 fully saturated rings. The van der Waals surface area contributed by atoms with Gasteiger partial charge in [0.2, 0.25) is 0 Å². The van der Waals surface area contributed by atoms with Gasteiger partial charge in [0.25, 0.3) is 11.7 Å². The lowest BCUT2D eigenvalue weighted by atomic mass is 9.85. The second-order valence-corrected chi connectivity index (χ2v) is 10.0. The topological polar surface area (TPSA) is 93.1 Å². The summed E-state index contributed by atoms with van der Waals surface area (Å²) < 4.78 is 10.3. The van der Waals surface area contributed by atoms with Crippen molar-refractivity contribution in [3.63, 3.8) is 0 Å². The van der Waals surface area contributed by atoms with Gasteiger partial charge in [-0.15, -0.1) is 0 Å². The number of aliphatic hydroxyl groups is 1. The summed E-state index contributed by atoms with van der Waals surface area (Å²) in [5, 5.41) is 11.4. The number of carbonyl (C=O) groups is 3. The molecule has 4 rings (SSSR count). The van der Waals surface area contributed by atoms with E-state index < -0.39 is 23.7 Å². The van der Waals surface area contributed by atoms with E-state index in [-0.39, 0.29) is 16.7 Å². The lowest BCUT2D eigenvalue weighted by molar-refractivity contribution is -0.132. The molecule has 1 aliphatic heterocycles. The van der Waals surface area contributed by atoms with Gasteiger partial charge in [0.05, 0.1) is 30.9 Å². The lowest BCUT2D eigenvalue weighted by Crippen LogP contribution is -2.29. The number of ether oxygens (including phenoxy) is 2. The van der Waals surface area contributed by atoms with Crippen molar-refractivity contribution in [2.45, 2.75) is 39.2 Å². The van der Waals surface area contributed by atoms with Gasteiger partial charge in [0, 0.05) is 11.3 Å². The summed E-state index contributed by atoms with van der Waals surface area (Å²) in [6.07, 6.45) is 0. The number of ketones is 1. The Labute approximate surface area is 222 Å². The maximum absolute atomic E-state index is 13.4. The van der Waals surface area contributed by atoms with Crippen molar-refractivity contribution in [2.75, 3.05) is 18.6 Å². The number of benzene rings is 3. The van der Waals surface area contributed by atoms with Gasteiger partial charge in [-0.2, -0.15) is 0 Å². The first-order chi connectivity index (χ1) is 18.1. The molecular formula is C31H31NO6. The molecule has 1 aliphatic rings. The smallest absolute Gasteiger partial charge is 0.337 e. The second kappa shape index (κ2) is 10.5. The number of hydrogen-bond acceptors (Lipinski definition) is 6. The van der Waals surface area contributed by atoms with E-state index in [1.54, 1.807) is 36.4 Å². The van der Waals surface area contributed by atoms with Crippen LogP contribution in [0.25, 0.3) is 5.76 Å². The number of Topliss-reactive ketones (excluding diaryl/α,β-unsaturated/α-hetero) is 1. The molecular weight excluding hydrogens is 482 g/mol. The summed E-state index contributed by atoms with van der Waals surface area (Å²) in [4.78, 5) is 40.1. The zero-order chi connectivity index (χ0) is 27.6. The summed E-state index contributed by atoms with van der Waals surface area (Å²) in [6.45, 7) is 8.59. The molecule has 1 saturated heterocycles. The fourth-order valence-corrected chi connectivity index (χ4v) is 4.51. The molecule has 0 aliphatic carbocycles. The lowest BCUT2D eigenvalue weighted by Gasteiger charge is -2.26. The van der Waals surface area contributed by atoms with E-state index in [0.29, 0.717) is 34.7 Å². The van der Waals surface area contributed by atoms with Crippen LogP contribution in [-0.4, -0.2) is 36.5 Å². The third-order valence-corrected chi connectivity index (χ3v) is 6.52. The number of methoxy groups -OCH3 is 1. The summed E-state index contributed by atoms with van der Waals surface area (Å²) in [5.74, 6) is -1.84. The number of aliphatic hydroxyl groups excluding tert-OH is 1. The fraction of sp³-hybridized carbons (Fsp3) is 0.258.